The van der Waals surface area contributed by atoms with Crippen molar-refractivity contribution in [3.05, 3.63) is 70.8 Å². The molecule has 1 aromatic heterocycles. The highest BCUT2D eigenvalue weighted by atomic mass is 35.5. The number of benzene rings is 2. The summed E-state index contributed by atoms with van der Waals surface area (Å²) >= 11 is 7.23. The Kier molecular flexibility index (Phi) is 6.85. The summed E-state index contributed by atoms with van der Waals surface area (Å²) in [5.74, 6) is -0.730. The van der Waals surface area contributed by atoms with Gasteiger partial charge in [0.2, 0.25) is 5.91 Å². The third-order valence-corrected chi connectivity index (χ3v) is 5.40. The summed E-state index contributed by atoms with van der Waals surface area (Å²) in [6.45, 7) is 2.40. The van der Waals surface area contributed by atoms with Gasteiger partial charge in [0.1, 0.15) is 10.6 Å². The van der Waals surface area contributed by atoms with Gasteiger partial charge in [0.15, 0.2) is 0 Å². The molecule has 0 radical (unpaired) electrons. The zero-order chi connectivity index (χ0) is 19.9. The molecule has 1 N–H and O–H groups in total. The van der Waals surface area contributed by atoms with E-state index in [9.17, 15) is 9.59 Å². The monoisotopic (exact) mass is 413 g/mol. The van der Waals surface area contributed by atoms with Crippen molar-refractivity contribution >= 4 is 56.0 Å². The van der Waals surface area contributed by atoms with E-state index in [0.29, 0.717) is 22.2 Å². The van der Waals surface area contributed by atoms with Gasteiger partial charge in [0, 0.05) is 21.2 Å². The summed E-state index contributed by atoms with van der Waals surface area (Å²) < 4.78 is 6.30. The third-order valence-electron chi connectivity index (χ3n) is 4.06. The number of nitrogens with one attached hydrogen (secondary N) is 1. The number of unbranched alkanes of at least 4 members (excludes halogenated alkanes) is 1. The average Bonchev–Trinajstić information content (AvgIpc) is 3.05. The van der Waals surface area contributed by atoms with Crippen LogP contribution in [0.1, 0.15) is 35.7 Å². The molecule has 0 spiro atoms. The van der Waals surface area contributed by atoms with Gasteiger partial charge in [-0.05, 0) is 36.3 Å². The highest BCUT2D eigenvalue weighted by Crippen LogP contribution is 2.36. The van der Waals surface area contributed by atoms with Crippen LogP contribution in [-0.4, -0.2) is 18.5 Å². The first-order chi connectivity index (χ1) is 13.6. The maximum atomic E-state index is 12.6. The minimum atomic E-state index is -0.414. The Morgan fingerprint density at radius 3 is 2.64 bits per heavy atom. The third kappa shape index (κ3) is 5.00. The van der Waals surface area contributed by atoms with Gasteiger partial charge in [-0.1, -0.05) is 55.3 Å². The van der Waals surface area contributed by atoms with E-state index in [1.165, 1.54) is 17.4 Å². The van der Waals surface area contributed by atoms with Crippen LogP contribution in [0, 0.1) is 0 Å². The molecule has 1 heterocycles. The standard InChI is InChI=1S/C22H20ClNO3S/c1-2-3-14-27-22(26)20-17-6-4-5-7-18(17)28-21(20)24-19(25)13-10-15-8-11-16(23)12-9-15/h4-13H,2-3,14H2,1H3,(H,24,25)/b13-10+. The lowest BCUT2D eigenvalue weighted by atomic mass is 10.1. The Morgan fingerprint density at radius 1 is 1.14 bits per heavy atom. The normalized spacial score (nSPS) is 11.1. The van der Waals surface area contributed by atoms with Crippen molar-refractivity contribution in [2.24, 2.45) is 0 Å². The molecule has 4 nitrogen and oxygen atoms in total. The Bertz CT molecular complexity index is 1010. The van der Waals surface area contributed by atoms with Gasteiger partial charge >= 0.3 is 5.97 Å². The van der Waals surface area contributed by atoms with Crippen LogP contribution in [0.15, 0.2) is 54.6 Å². The number of anilines is 1. The number of thiophene rings is 1. The first-order valence-electron chi connectivity index (χ1n) is 9.01. The molecule has 28 heavy (non-hydrogen) atoms. The Balaban J connectivity index is 1.81. The van der Waals surface area contributed by atoms with Crippen LogP contribution < -0.4 is 5.32 Å². The molecule has 0 aliphatic rings. The van der Waals surface area contributed by atoms with Crippen LogP contribution in [0.3, 0.4) is 0 Å². The Hall–Kier alpha value is -2.63. The predicted molar refractivity (Wildman–Crippen MR) is 116 cm³/mol. The average molecular weight is 414 g/mol. The van der Waals surface area contributed by atoms with Crippen LogP contribution in [0.4, 0.5) is 5.00 Å². The van der Waals surface area contributed by atoms with E-state index in [4.69, 9.17) is 16.3 Å². The van der Waals surface area contributed by atoms with Gasteiger partial charge in [-0.15, -0.1) is 11.3 Å². The van der Waals surface area contributed by atoms with Gasteiger partial charge in [-0.3, -0.25) is 4.79 Å². The molecular weight excluding hydrogens is 394 g/mol. The van der Waals surface area contributed by atoms with Crippen molar-refractivity contribution in [2.45, 2.75) is 19.8 Å². The number of ether oxygens (including phenoxy) is 1. The SMILES string of the molecule is CCCCOC(=O)c1c(NC(=O)/C=C/c2ccc(Cl)cc2)sc2ccccc12. The lowest BCUT2D eigenvalue weighted by Gasteiger charge is -2.06. The number of rotatable bonds is 7. The summed E-state index contributed by atoms with van der Waals surface area (Å²) in [6, 6.07) is 14.7. The molecule has 0 fully saturated rings. The minimum absolute atomic E-state index is 0.316. The molecule has 0 aliphatic heterocycles. The van der Waals surface area contributed by atoms with E-state index < -0.39 is 5.97 Å². The molecule has 0 unspecified atom stereocenters. The number of halogens is 1. The molecule has 6 heteroatoms. The van der Waals surface area contributed by atoms with Crippen LogP contribution in [0.5, 0.6) is 0 Å². The number of carbonyl (C=O) groups is 2. The van der Waals surface area contributed by atoms with E-state index in [1.807, 2.05) is 43.3 Å². The zero-order valence-corrected chi connectivity index (χ0v) is 17.0. The van der Waals surface area contributed by atoms with E-state index in [0.717, 1.165) is 28.5 Å². The molecule has 144 valence electrons. The van der Waals surface area contributed by atoms with Crippen LogP contribution >= 0.6 is 22.9 Å². The molecule has 0 saturated carbocycles. The fourth-order valence-electron chi connectivity index (χ4n) is 2.62. The fourth-order valence-corrected chi connectivity index (χ4v) is 3.84. The van der Waals surface area contributed by atoms with Gasteiger partial charge in [-0.25, -0.2) is 4.79 Å². The van der Waals surface area contributed by atoms with Crippen LogP contribution in [0.2, 0.25) is 5.02 Å². The molecule has 0 saturated heterocycles. The second-order valence-corrected chi connectivity index (χ2v) is 7.65. The number of carbonyl (C=O) groups excluding carboxylic acids is 2. The number of amides is 1. The Labute approximate surface area is 172 Å². The van der Waals surface area contributed by atoms with Gasteiger partial charge in [-0.2, -0.15) is 0 Å². The van der Waals surface area contributed by atoms with Gasteiger partial charge in [0.25, 0.3) is 0 Å². The van der Waals surface area contributed by atoms with Crippen LogP contribution in [0.25, 0.3) is 16.2 Å². The van der Waals surface area contributed by atoms with Crippen molar-refractivity contribution in [1.82, 2.24) is 0 Å². The lowest BCUT2D eigenvalue weighted by Crippen LogP contribution is -2.12. The number of hydrogen-bond donors (Lipinski definition) is 1. The number of fused-ring (bicyclic) bond motifs is 1. The van der Waals surface area contributed by atoms with E-state index in [2.05, 4.69) is 5.32 Å². The highest BCUT2D eigenvalue weighted by Gasteiger charge is 2.21. The van der Waals surface area contributed by atoms with E-state index >= 15 is 0 Å². The molecule has 3 rings (SSSR count). The second-order valence-electron chi connectivity index (χ2n) is 6.17. The summed E-state index contributed by atoms with van der Waals surface area (Å²) in [7, 11) is 0. The Morgan fingerprint density at radius 2 is 1.89 bits per heavy atom. The smallest absolute Gasteiger partial charge is 0.341 e. The molecule has 0 aliphatic carbocycles. The molecule has 2 aromatic carbocycles. The molecule has 3 aromatic rings. The van der Waals surface area contributed by atoms with E-state index in [-0.39, 0.29) is 5.91 Å². The largest absolute Gasteiger partial charge is 0.462 e. The number of hydrogen-bond acceptors (Lipinski definition) is 4. The minimum Gasteiger partial charge on any atom is -0.462 e. The van der Waals surface area contributed by atoms with Crippen molar-refractivity contribution < 1.29 is 14.3 Å². The molecule has 1 amide bonds. The predicted octanol–water partition coefficient (Wildman–Crippen LogP) is 6.16. The second kappa shape index (κ2) is 9.53. The first-order valence-corrected chi connectivity index (χ1v) is 10.2. The first kappa shape index (κ1) is 20.1. The fraction of sp³-hybridized carbons (Fsp3) is 0.182. The summed E-state index contributed by atoms with van der Waals surface area (Å²) in [6.07, 6.45) is 4.87. The summed E-state index contributed by atoms with van der Waals surface area (Å²) in [5, 5.41) is 4.73. The summed E-state index contributed by atoms with van der Waals surface area (Å²) in [5.41, 5.74) is 1.26. The molecular formula is C22H20ClNO3S. The van der Waals surface area contributed by atoms with Crippen molar-refractivity contribution in [3.63, 3.8) is 0 Å². The van der Waals surface area contributed by atoms with Crippen molar-refractivity contribution in [3.8, 4) is 0 Å². The molecule has 0 bridgehead atoms. The van der Waals surface area contributed by atoms with Gasteiger partial charge < -0.3 is 10.1 Å². The molecule has 0 atom stereocenters. The lowest BCUT2D eigenvalue weighted by molar-refractivity contribution is -0.111. The number of esters is 1. The highest BCUT2D eigenvalue weighted by molar-refractivity contribution is 7.23. The summed E-state index contributed by atoms with van der Waals surface area (Å²) in [4.78, 5) is 25.0. The van der Waals surface area contributed by atoms with Crippen molar-refractivity contribution in [1.29, 1.82) is 0 Å². The topological polar surface area (TPSA) is 55.4 Å². The quantitative estimate of drug-likeness (QED) is 0.286. The van der Waals surface area contributed by atoms with Crippen molar-refractivity contribution in [2.75, 3.05) is 11.9 Å². The van der Waals surface area contributed by atoms with E-state index in [1.54, 1.807) is 18.2 Å². The van der Waals surface area contributed by atoms with Crippen LogP contribution in [-0.2, 0) is 9.53 Å². The van der Waals surface area contributed by atoms with Gasteiger partial charge in [0.05, 0.1) is 6.61 Å². The zero-order valence-electron chi connectivity index (χ0n) is 15.4. The maximum absolute atomic E-state index is 12.6. The maximum Gasteiger partial charge on any atom is 0.341 e.